The van der Waals surface area contributed by atoms with Crippen LogP contribution in [-0.2, 0) is 6.54 Å². The Bertz CT molecular complexity index is 960. The fourth-order valence-electron chi connectivity index (χ4n) is 3.49. The summed E-state index contributed by atoms with van der Waals surface area (Å²) in [6.45, 7) is 3.98. The number of nitrogens with zero attached hydrogens (tertiary/aromatic N) is 4. The molecule has 0 bridgehead atoms. The number of likely N-dealkylation sites (tertiary alicyclic amines) is 1. The lowest BCUT2D eigenvalue weighted by Gasteiger charge is -2.32. The molecule has 0 aliphatic carbocycles. The van der Waals surface area contributed by atoms with Crippen molar-refractivity contribution in [2.75, 3.05) is 13.7 Å². The zero-order valence-electron chi connectivity index (χ0n) is 15.1. The van der Waals surface area contributed by atoms with Crippen LogP contribution in [0.1, 0.15) is 31.9 Å². The summed E-state index contributed by atoms with van der Waals surface area (Å²) >= 11 is 0. The van der Waals surface area contributed by atoms with Crippen LogP contribution in [0.2, 0.25) is 0 Å². The van der Waals surface area contributed by atoms with E-state index < -0.39 is 0 Å². The van der Waals surface area contributed by atoms with Gasteiger partial charge in [0.15, 0.2) is 5.82 Å². The second-order valence-electron chi connectivity index (χ2n) is 6.84. The number of benzene rings is 1. The second-order valence-corrected chi connectivity index (χ2v) is 6.84. The van der Waals surface area contributed by atoms with Crippen LogP contribution in [0.5, 0.6) is 5.75 Å². The molecular weight excluding hydrogens is 330 g/mol. The lowest BCUT2D eigenvalue weighted by molar-refractivity contribution is 0.151. The van der Waals surface area contributed by atoms with E-state index in [2.05, 4.69) is 26.9 Å². The number of fused-ring (bicyclic) bond motifs is 1. The van der Waals surface area contributed by atoms with Gasteiger partial charge >= 0.3 is 0 Å². The van der Waals surface area contributed by atoms with Crippen molar-refractivity contribution < 1.29 is 4.74 Å². The van der Waals surface area contributed by atoms with Crippen LogP contribution in [0, 0.1) is 0 Å². The van der Waals surface area contributed by atoms with E-state index in [1.807, 2.05) is 24.3 Å². The average Bonchev–Trinajstić information content (AvgIpc) is 3.08. The van der Waals surface area contributed by atoms with Gasteiger partial charge in [-0.25, -0.2) is 4.98 Å². The minimum atomic E-state index is -0.137. The van der Waals surface area contributed by atoms with Crippen molar-refractivity contribution in [2.24, 2.45) is 0 Å². The minimum absolute atomic E-state index is 0.137. The molecule has 0 amide bonds. The lowest BCUT2D eigenvalue weighted by atomic mass is 10.0. The standard InChI is InChI=1S/C19H23N5O2/c1-13-5-3-4-10-23(13)12-15-11-17(25)24-19(20-15)21-18(22-24)14-6-8-16(26-2)9-7-14/h6-9,11,13H,3-5,10,12H2,1-2H3,(H,20,21,22)/t13-/m0/s1. The van der Waals surface area contributed by atoms with Crippen molar-refractivity contribution in [1.82, 2.24) is 24.5 Å². The first-order valence-electron chi connectivity index (χ1n) is 9.01. The van der Waals surface area contributed by atoms with Gasteiger partial charge in [-0.1, -0.05) is 6.42 Å². The monoisotopic (exact) mass is 353 g/mol. The maximum absolute atomic E-state index is 12.5. The number of rotatable bonds is 4. The number of H-pyrrole nitrogens is 1. The predicted molar refractivity (Wildman–Crippen MR) is 99.3 cm³/mol. The van der Waals surface area contributed by atoms with Gasteiger partial charge in [0.1, 0.15) is 5.75 Å². The van der Waals surface area contributed by atoms with Crippen LogP contribution in [-0.4, -0.2) is 44.2 Å². The molecule has 136 valence electrons. The van der Waals surface area contributed by atoms with Gasteiger partial charge in [0, 0.05) is 24.2 Å². The first kappa shape index (κ1) is 16.8. The summed E-state index contributed by atoms with van der Waals surface area (Å²) in [6, 6.07) is 9.65. The third-order valence-corrected chi connectivity index (χ3v) is 5.05. The van der Waals surface area contributed by atoms with Gasteiger partial charge in [-0.15, -0.1) is 0 Å². The van der Waals surface area contributed by atoms with E-state index in [-0.39, 0.29) is 5.56 Å². The van der Waals surface area contributed by atoms with Gasteiger partial charge < -0.3 is 4.74 Å². The first-order valence-corrected chi connectivity index (χ1v) is 9.01. The Morgan fingerprint density at radius 3 is 2.77 bits per heavy atom. The second kappa shape index (κ2) is 6.92. The molecule has 26 heavy (non-hydrogen) atoms. The molecule has 1 fully saturated rings. The Labute approximate surface area is 151 Å². The molecule has 0 saturated carbocycles. The van der Waals surface area contributed by atoms with Crippen molar-refractivity contribution in [1.29, 1.82) is 0 Å². The molecular formula is C19H23N5O2. The summed E-state index contributed by atoms with van der Waals surface area (Å²) in [5.74, 6) is 1.79. The van der Waals surface area contributed by atoms with Crippen molar-refractivity contribution in [3.63, 3.8) is 0 Å². The molecule has 2 aromatic heterocycles. The van der Waals surface area contributed by atoms with E-state index in [4.69, 9.17) is 4.74 Å². The Morgan fingerprint density at radius 2 is 2.04 bits per heavy atom. The van der Waals surface area contributed by atoms with Crippen molar-refractivity contribution in [3.05, 3.63) is 46.4 Å². The fraction of sp³-hybridized carbons (Fsp3) is 0.421. The van der Waals surface area contributed by atoms with Gasteiger partial charge in [-0.05, 0) is 50.6 Å². The smallest absolute Gasteiger partial charge is 0.274 e. The molecule has 1 aliphatic heterocycles. The molecule has 1 aromatic carbocycles. The van der Waals surface area contributed by atoms with Crippen LogP contribution < -0.4 is 10.3 Å². The highest BCUT2D eigenvalue weighted by molar-refractivity contribution is 5.58. The summed E-state index contributed by atoms with van der Waals surface area (Å²) in [5.41, 5.74) is 1.51. The molecule has 0 spiro atoms. The van der Waals surface area contributed by atoms with Gasteiger partial charge in [-0.3, -0.25) is 14.8 Å². The number of nitrogens with one attached hydrogen (secondary N) is 1. The summed E-state index contributed by atoms with van der Waals surface area (Å²) in [4.78, 5) is 24.0. The lowest BCUT2D eigenvalue weighted by Crippen LogP contribution is -2.37. The Kier molecular flexibility index (Phi) is 4.46. The van der Waals surface area contributed by atoms with E-state index in [0.717, 1.165) is 23.6 Å². The third-order valence-electron chi connectivity index (χ3n) is 5.05. The average molecular weight is 353 g/mol. The molecule has 1 atom stereocenters. The van der Waals surface area contributed by atoms with Crippen LogP contribution in [0.25, 0.3) is 17.2 Å². The number of aromatic nitrogens is 4. The first-order chi connectivity index (χ1) is 12.6. The predicted octanol–water partition coefficient (Wildman–Crippen LogP) is 2.47. The van der Waals surface area contributed by atoms with Crippen LogP contribution in [0.3, 0.4) is 0 Å². The zero-order valence-corrected chi connectivity index (χ0v) is 15.1. The SMILES string of the molecule is COc1ccc(-c2nc3nc(CN4CCCC[C@@H]4C)cc(=O)n3[nH]2)cc1. The number of ether oxygens (including phenoxy) is 1. The molecule has 3 aromatic rings. The maximum Gasteiger partial charge on any atom is 0.274 e. The molecule has 0 unspecified atom stereocenters. The van der Waals surface area contributed by atoms with Crippen LogP contribution in [0.4, 0.5) is 0 Å². The maximum atomic E-state index is 12.5. The van der Waals surface area contributed by atoms with Crippen LogP contribution >= 0.6 is 0 Å². The number of hydrogen-bond acceptors (Lipinski definition) is 5. The van der Waals surface area contributed by atoms with Gasteiger partial charge in [0.2, 0.25) is 0 Å². The van der Waals surface area contributed by atoms with E-state index >= 15 is 0 Å². The summed E-state index contributed by atoms with van der Waals surface area (Å²) < 4.78 is 6.57. The van der Waals surface area contributed by atoms with E-state index in [9.17, 15) is 4.79 Å². The van der Waals surface area contributed by atoms with Crippen LogP contribution in [0.15, 0.2) is 35.1 Å². The number of hydrogen-bond donors (Lipinski definition) is 1. The third kappa shape index (κ3) is 3.22. The highest BCUT2D eigenvalue weighted by atomic mass is 16.5. The van der Waals surface area contributed by atoms with Gasteiger partial charge in [0.25, 0.3) is 11.3 Å². The Morgan fingerprint density at radius 1 is 1.23 bits per heavy atom. The van der Waals surface area contributed by atoms with E-state index in [0.29, 0.717) is 24.2 Å². The molecule has 7 heteroatoms. The summed E-state index contributed by atoms with van der Waals surface area (Å²) in [7, 11) is 1.63. The number of methoxy groups -OCH3 is 1. The molecule has 4 rings (SSSR count). The number of aromatic amines is 1. The number of piperidine rings is 1. The van der Waals surface area contributed by atoms with Gasteiger partial charge in [-0.2, -0.15) is 9.50 Å². The highest BCUT2D eigenvalue weighted by Crippen LogP contribution is 2.20. The molecule has 1 aliphatic rings. The fourth-order valence-corrected chi connectivity index (χ4v) is 3.49. The van der Waals surface area contributed by atoms with E-state index in [1.165, 1.54) is 23.8 Å². The van der Waals surface area contributed by atoms with Gasteiger partial charge in [0.05, 0.1) is 12.8 Å². The largest absolute Gasteiger partial charge is 0.497 e. The van der Waals surface area contributed by atoms with Crippen molar-refractivity contribution >= 4 is 5.78 Å². The normalized spacial score (nSPS) is 18.3. The quantitative estimate of drug-likeness (QED) is 0.780. The minimum Gasteiger partial charge on any atom is -0.497 e. The molecule has 7 nitrogen and oxygen atoms in total. The molecule has 0 radical (unpaired) electrons. The highest BCUT2D eigenvalue weighted by Gasteiger charge is 2.19. The van der Waals surface area contributed by atoms with Crippen molar-refractivity contribution in [2.45, 2.75) is 38.8 Å². The van der Waals surface area contributed by atoms with Crippen molar-refractivity contribution in [3.8, 4) is 17.1 Å². The topological polar surface area (TPSA) is 75.5 Å². The Hall–Kier alpha value is -2.67. The molecule has 1 saturated heterocycles. The summed E-state index contributed by atoms with van der Waals surface area (Å²) in [5, 5.41) is 3.03. The molecule has 3 heterocycles. The Balaban J connectivity index is 1.65. The zero-order chi connectivity index (χ0) is 18.1. The summed E-state index contributed by atoms with van der Waals surface area (Å²) in [6.07, 6.45) is 3.68. The molecule has 1 N–H and O–H groups in total. The van der Waals surface area contributed by atoms with E-state index in [1.54, 1.807) is 13.2 Å².